The summed E-state index contributed by atoms with van der Waals surface area (Å²) in [4.78, 5) is 16.2. The third kappa shape index (κ3) is 2.64. The molecule has 1 N–H and O–H groups in total. The molecule has 3 heterocycles. The molecule has 0 aliphatic carbocycles. The van der Waals surface area contributed by atoms with Gasteiger partial charge in [0.2, 0.25) is 0 Å². The van der Waals surface area contributed by atoms with Crippen LogP contribution in [-0.2, 0) is 4.74 Å². The van der Waals surface area contributed by atoms with Crippen molar-refractivity contribution in [3.8, 4) is 0 Å². The lowest BCUT2D eigenvalue weighted by Gasteiger charge is -2.39. The summed E-state index contributed by atoms with van der Waals surface area (Å²) in [5, 5.41) is 5.64. The number of hydrogen-bond donors (Lipinski definition) is 1. The van der Waals surface area contributed by atoms with Gasteiger partial charge in [-0.3, -0.25) is 4.79 Å². The second-order valence-electron chi connectivity index (χ2n) is 6.15. The van der Waals surface area contributed by atoms with E-state index < -0.39 is 0 Å². The Morgan fingerprint density at radius 1 is 1.35 bits per heavy atom. The quantitative estimate of drug-likeness (QED) is 0.932. The number of fused-ring (bicyclic) bond motifs is 1. The minimum absolute atomic E-state index is 0.0904. The average Bonchev–Trinajstić information content (AvgIpc) is 3.22. The number of para-hydroxylation sites is 1. The number of benzene rings is 1. The second kappa shape index (κ2) is 5.98. The van der Waals surface area contributed by atoms with Gasteiger partial charge in [0, 0.05) is 18.8 Å². The van der Waals surface area contributed by atoms with Gasteiger partial charge in [0.15, 0.2) is 0 Å². The minimum Gasteiger partial charge on any atom is -0.376 e. The number of carbonyl (C=O) groups excluding carboxylic acids is 1. The maximum atomic E-state index is 13.1. The Morgan fingerprint density at radius 3 is 2.96 bits per heavy atom. The SMILES string of the molecule is Cc1ccsc1[C@H]1Nc2ccccc2C(=O)N1C[C@H]1CCCO1. The zero-order chi connectivity index (χ0) is 15.8. The van der Waals surface area contributed by atoms with Crippen molar-refractivity contribution in [2.24, 2.45) is 0 Å². The number of hydrogen-bond acceptors (Lipinski definition) is 4. The van der Waals surface area contributed by atoms with Gasteiger partial charge in [0.25, 0.3) is 5.91 Å². The zero-order valence-corrected chi connectivity index (χ0v) is 13.9. The number of ether oxygens (including phenoxy) is 1. The highest BCUT2D eigenvalue weighted by molar-refractivity contribution is 7.10. The van der Waals surface area contributed by atoms with Crippen LogP contribution in [0, 0.1) is 6.92 Å². The van der Waals surface area contributed by atoms with Crippen molar-refractivity contribution in [3.05, 3.63) is 51.7 Å². The third-order valence-electron chi connectivity index (χ3n) is 4.60. The molecule has 0 saturated carbocycles. The monoisotopic (exact) mass is 328 g/mol. The van der Waals surface area contributed by atoms with Gasteiger partial charge in [-0.05, 0) is 48.9 Å². The molecule has 1 fully saturated rings. The summed E-state index contributed by atoms with van der Waals surface area (Å²) in [6.07, 6.45) is 2.15. The van der Waals surface area contributed by atoms with Crippen molar-refractivity contribution in [1.29, 1.82) is 0 Å². The Labute approximate surface area is 140 Å². The first-order valence-electron chi connectivity index (χ1n) is 8.06. The first-order chi connectivity index (χ1) is 11.2. The highest BCUT2D eigenvalue weighted by atomic mass is 32.1. The number of thiophene rings is 1. The van der Waals surface area contributed by atoms with E-state index in [0.717, 1.165) is 30.7 Å². The molecule has 0 spiro atoms. The lowest BCUT2D eigenvalue weighted by Crippen LogP contribution is -2.46. The molecule has 2 aliphatic heterocycles. The number of carbonyl (C=O) groups is 1. The van der Waals surface area contributed by atoms with E-state index in [2.05, 4.69) is 23.7 Å². The van der Waals surface area contributed by atoms with Crippen LogP contribution in [-0.4, -0.2) is 30.1 Å². The number of anilines is 1. The number of nitrogens with zero attached hydrogens (tertiary/aromatic N) is 1. The van der Waals surface area contributed by atoms with Crippen LogP contribution in [0.2, 0.25) is 0 Å². The van der Waals surface area contributed by atoms with Crippen LogP contribution in [0.3, 0.4) is 0 Å². The molecule has 2 atom stereocenters. The normalized spacial score (nSPS) is 23.7. The van der Waals surface area contributed by atoms with E-state index in [0.29, 0.717) is 6.54 Å². The van der Waals surface area contributed by atoms with E-state index >= 15 is 0 Å². The van der Waals surface area contributed by atoms with Gasteiger partial charge in [0.1, 0.15) is 6.17 Å². The number of nitrogens with one attached hydrogen (secondary N) is 1. The van der Waals surface area contributed by atoms with E-state index in [1.54, 1.807) is 11.3 Å². The molecule has 1 amide bonds. The lowest BCUT2D eigenvalue weighted by molar-refractivity contribution is 0.0430. The standard InChI is InChI=1S/C18H20N2O2S/c1-12-8-10-23-16(12)17-19-15-7-3-2-6-14(15)18(21)20(17)11-13-5-4-9-22-13/h2-3,6-8,10,13,17,19H,4-5,9,11H2,1H3/t13-,17+/m1/s1. The molecular weight excluding hydrogens is 308 g/mol. The number of aryl methyl sites for hydroxylation is 1. The Bertz CT molecular complexity index is 721. The van der Waals surface area contributed by atoms with Crippen LogP contribution in [0.25, 0.3) is 0 Å². The molecule has 1 saturated heterocycles. The lowest BCUT2D eigenvalue weighted by atomic mass is 10.0. The maximum Gasteiger partial charge on any atom is 0.257 e. The van der Waals surface area contributed by atoms with Crippen LogP contribution < -0.4 is 5.32 Å². The van der Waals surface area contributed by atoms with Crippen LogP contribution in [0.4, 0.5) is 5.69 Å². The van der Waals surface area contributed by atoms with Crippen molar-refractivity contribution < 1.29 is 9.53 Å². The molecule has 0 unspecified atom stereocenters. The molecular formula is C18H20N2O2S. The van der Waals surface area contributed by atoms with Crippen LogP contribution in [0.5, 0.6) is 0 Å². The minimum atomic E-state index is -0.110. The third-order valence-corrected chi connectivity index (χ3v) is 5.67. The van der Waals surface area contributed by atoms with Gasteiger partial charge >= 0.3 is 0 Å². The maximum absolute atomic E-state index is 13.1. The molecule has 2 aliphatic rings. The summed E-state index contributed by atoms with van der Waals surface area (Å²) >= 11 is 1.70. The molecule has 0 bridgehead atoms. The fraction of sp³-hybridized carbons (Fsp3) is 0.389. The van der Waals surface area contributed by atoms with Crippen molar-refractivity contribution in [3.63, 3.8) is 0 Å². The molecule has 5 heteroatoms. The molecule has 1 aromatic carbocycles. The first-order valence-corrected chi connectivity index (χ1v) is 8.94. The van der Waals surface area contributed by atoms with E-state index in [-0.39, 0.29) is 18.2 Å². The molecule has 1 aromatic heterocycles. The Kier molecular flexibility index (Phi) is 3.83. The average molecular weight is 328 g/mol. The van der Waals surface area contributed by atoms with Crippen molar-refractivity contribution in [2.45, 2.75) is 32.0 Å². The van der Waals surface area contributed by atoms with Crippen LogP contribution in [0.15, 0.2) is 35.7 Å². The number of amides is 1. The molecule has 4 nitrogen and oxygen atoms in total. The van der Waals surface area contributed by atoms with Gasteiger partial charge in [0.05, 0.1) is 16.5 Å². The summed E-state index contributed by atoms with van der Waals surface area (Å²) in [6, 6.07) is 9.86. The molecule has 23 heavy (non-hydrogen) atoms. The predicted octanol–water partition coefficient (Wildman–Crippen LogP) is 3.80. The second-order valence-corrected chi connectivity index (χ2v) is 7.10. The fourth-order valence-corrected chi connectivity index (χ4v) is 4.35. The molecule has 2 aromatic rings. The van der Waals surface area contributed by atoms with E-state index in [1.165, 1.54) is 10.4 Å². The summed E-state index contributed by atoms with van der Waals surface area (Å²) in [5.74, 6) is 0.0904. The van der Waals surface area contributed by atoms with Gasteiger partial charge in [-0.2, -0.15) is 0 Å². The van der Waals surface area contributed by atoms with Crippen molar-refractivity contribution in [2.75, 3.05) is 18.5 Å². The molecule has 4 rings (SSSR count). The Balaban J connectivity index is 1.72. The Hall–Kier alpha value is -1.85. The van der Waals surface area contributed by atoms with Crippen LogP contribution >= 0.6 is 11.3 Å². The van der Waals surface area contributed by atoms with Gasteiger partial charge < -0.3 is 15.0 Å². The largest absolute Gasteiger partial charge is 0.376 e. The highest BCUT2D eigenvalue weighted by Gasteiger charge is 2.36. The van der Waals surface area contributed by atoms with Gasteiger partial charge in [-0.15, -0.1) is 11.3 Å². The molecule has 0 radical (unpaired) electrons. The van der Waals surface area contributed by atoms with E-state index in [1.807, 2.05) is 29.2 Å². The smallest absolute Gasteiger partial charge is 0.257 e. The topological polar surface area (TPSA) is 41.6 Å². The van der Waals surface area contributed by atoms with E-state index in [4.69, 9.17) is 4.74 Å². The van der Waals surface area contributed by atoms with Gasteiger partial charge in [-0.25, -0.2) is 0 Å². The summed E-state index contributed by atoms with van der Waals surface area (Å²) in [7, 11) is 0. The number of rotatable bonds is 3. The molecule has 120 valence electrons. The van der Waals surface area contributed by atoms with Gasteiger partial charge in [-0.1, -0.05) is 12.1 Å². The fourth-order valence-electron chi connectivity index (χ4n) is 3.36. The summed E-state index contributed by atoms with van der Waals surface area (Å²) < 4.78 is 5.77. The predicted molar refractivity (Wildman–Crippen MR) is 91.9 cm³/mol. The zero-order valence-electron chi connectivity index (χ0n) is 13.1. The van der Waals surface area contributed by atoms with E-state index in [9.17, 15) is 4.79 Å². The Morgan fingerprint density at radius 2 is 2.22 bits per heavy atom. The van der Waals surface area contributed by atoms with Crippen molar-refractivity contribution >= 4 is 22.9 Å². The van der Waals surface area contributed by atoms with Crippen molar-refractivity contribution in [1.82, 2.24) is 4.90 Å². The van der Waals surface area contributed by atoms with Crippen LogP contribution in [0.1, 0.15) is 39.8 Å². The summed E-state index contributed by atoms with van der Waals surface area (Å²) in [6.45, 7) is 3.55. The summed E-state index contributed by atoms with van der Waals surface area (Å²) in [5.41, 5.74) is 2.88. The highest BCUT2D eigenvalue weighted by Crippen LogP contribution is 2.37. The first kappa shape index (κ1) is 14.7.